The molecule has 4 aromatic heterocycles. The summed E-state index contributed by atoms with van der Waals surface area (Å²) in [6, 6.07) is 9.25. The van der Waals surface area contributed by atoms with E-state index in [1.165, 1.54) is 6.20 Å². The number of nitrogens with zero attached hydrogens (tertiary/aromatic N) is 4. The quantitative estimate of drug-likeness (QED) is 0.470. The monoisotopic (exact) mass is 394 g/mol. The third-order valence-electron chi connectivity index (χ3n) is 4.17. The van der Waals surface area contributed by atoms with E-state index in [4.69, 9.17) is 9.15 Å². The van der Waals surface area contributed by atoms with Crippen molar-refractivity contribution in [2.75, 3.05) is 0 Å². The predicted octanol–water partition coefficient (Wildman–Crippen LogP) is 4.27. The van der Waals surface area contributed by atoms with Crippen molar-refractivity contribution in [2.45, 2.75) is 27.4 Å². The Labute approximate surface area is 165 Å². The molecular formula is C20H18N4O3S. The first-order chi connectivity index (χ1) is 13.5. The highest BCUT2D eigenvalue weighted by Gasteiger charge is 2.15. The fourth-order valence-corrected chi connectivity index (χ4v) is 3.43. The second-order valence-electron chi connectivity index (χ2n) is 6.32. The lowest BCUT2D eigenvalue weighted by atomic mass is 10.3. The lowest BCUT2D eigenvalue weighted by molar-refractivity contribution is 0.0466. The molecule has 0 saturated carbocycles. The molecule has 4 rings (SSSR count). The lowest BCUT2D eigenvalue weighted by Gasteiger charge is -2.05. The first kappa shape index (κ1) is 18.1. The summed E-state index contributed by atoms with van der Waals surface area (Å²) >= 11 is 1.54. The van der Waals surface area contributed by atoms with Crippen LogP contribution in [0, 0.1) is 20.8 Å². The molecule has 4 aromatic rings. The summed E-state index contributed by atoms with van der Waals surface area (Å²) in [7, 11) is 0. The molecule has 0 aliphatic rings. The van der Waals surface area contributed by atoms with Crippen LogP contribution in [-0.2, 0) is 11.3 Å². The van der Waals surface area contributed by atoms with Gasteiger partial charge in [0.15, 0.2) is 5.82 Å². The summed E-state index contributed by atoms with van der Waals surface area (Å²) in [6.07, 6.45) is 1.49. The van der Waals surface area contributed by atoms with Crippen molar-refractivity contribution < 1.29 is 13.9 Å². The highest BCUT2D eigenvalue weighted by atomic mass is 32.1. The molecule has 0 aromatic carbocycles. The van der Waals surface area contributed by atoms with Gasteiger partial charge in [0.1, 0.15) is 18.1 Å². The largest absolute Gasteiger partial charge is 0.455 e. The molecule has 0 atom stereocenters. The van der Waals surface area contributed by atoms with E-state index in [2.05, 4.69) is 15.1 Å². The van der Waals surface area contributed by atoms with Crippen molar-refractivity contribution in [2.24, 2.45) is 0 Å². The van der Waals surface area contributed by atoms with Crippen LogP contribution in [0.3, 0.4) is 0 Å². The number of aryl methyl sites for hydroxylation is 3. The van der Waals surface area contributed by atoms with Crippen LogP contribution in [-0.4, -0.2) is 25.7 Å². The van der Waals surface area contributed by atoms with E-state index in [9.17, 15) is 4.79 Å². The van der Waals surface area contributed by atoms with Crippen LogP contribution < -0.4 is 0 Å². The summed E-state index contributed by atoms with van der Waals surface area (Å²) in [5.41, 5.74) is 2.85. The average molecular weight is 394 g/mol. The van der Waals surface area contributed by atoms with Crippen molar-refractivity contribution in [3.05, 3.63) is 70.3 Å². The minimum Gasteiger partial charge on any atom is -0.455 e. The van der Waals surface area contributed by atoms with E-state index in [0.717, 1.165) is 16.3 Å². The molecule has 0 bridgehead atoms. The Balaban J connectivity index is 1.44. The fraction of sp³-hybridized carbons (Fsp3) is 0.200. The number of esters is 1. The van der Waals surface area contributed by atoms with Crippen molar-refractivity contribution in [1.29, 1.82) is 0 Å². The zero-order valence-electron chi connectivity index (χ0n) is 15.7. The van der Waals surface area contributed by atoms with Gasteiger partial charge < -0.3 is 9.15 Å². The first-order valence-electron chi connectivity index (χ1n) is 8.68. The number of pyridine rings is 1. The van der Waals surface area contributed by atoms with E-state index in [1.54, 1.807) is 35.1 Å². The number of ether oxygens (including phenoxy) is 1. The lowest BCUT2D eigenvalue weighted by Crippen LogP contribution is -2.08. The van der Waals surface area contributed by atoms with Gasteiger partial charge in [0, 0.05) is 11.9 Å². The Bertz CT molecular complexity index is 1110. The highest BCUT2D eigenvalue weighted by molar-refractivity contribution is 7.13. The summed E-state index contributed by atoms with van der Waals surface area (Å²) in [5, 5.41) is 6.34. The van der Waals surface area contributed by atoms with Gasteiger partial charge in [0.05, 0.1) is 16.1 Å². The molecule has 0 saturated heterocycles. The van der Waals surface area contributed by atoms with E-state index in [0.29, 0.717) is 28.7 Å². The van der Waals surface area contributed by atoms with Crippen LogP contribution in [0.2, 0.25) is 0 Å². The van der Waals surface area contributed by atoms with Crippen LogP contribution in [0.4, 0.5) is 0 Å². The predicted molar refractivity (Wildman–Crippen MR) is 105 cm³/mol. The smallest absolute Gasteiger partial charge is 0.340 e. The Hall–Kier alpha value is -3.26. The summed E-state index contributed by atoms with van der Waals surface area (Å²) < 4.78 is 12.8. The maximum atomic E-state index is 12.3. The van der Waals surface area contributed by atoms with Gasteiger partial charge in [0.25, 0.3) is 0 Å². The van der Waals surface area contributed by atoms with Gasteiger partial charge in [-0.1, -0.05) is 6.07 Å². The third kappa shape index (κ3) is 3.59. The van der Waals surface area contributed by atoms with Gasteiger partial charge >= 0.3 is 5.97 Å². The van der Waals surface area contributed by atoms with Crippen LogP contribution >= 0.6 is 11.3 Å². The minimum absolute atomic E-state index is 0.0404. The van der Waals surface area contributed by atoms with E-state index < -0.39 is 5.97 Å². The number of carbonyl (C=O) groups is 1. The van der Waals surface area contributed by atoms with Crippen LogP contribution in [0.25, 0.3) is 16.6 Å². The van der Waals surface area contributed by atoms with E-state index >= 15 is 0 Å². The van der Waals surface area contributed by atoms with Gasteiger partial charge in [-0.2, -0.15) is 5.10 Å². The number of aromatic nitrogens is 4. The third-order valence-corrected chi connectivity index (χ3v) is 5.03. The standard InChI is InChI=1S/C20H18N4O3S/c1-12-9-13(2)24(23-12)18-7-6-15(10-21-18)20(25)26-11-16-14(3)27-19(22-16)17-5-4-8-28-17/h4-10H,11H2,1-3H3. The van der Waals surface area contributed by atoms with Crippen LogP contribution in [0.15, 0.2) is 46.3 Å². The van der Waals surface area contributed by atoms with Crippen molar-refractivity contribution in [3.63, 3.8) is 0 Å². The molecule has 28 heavy (non-hydrogen) atoms. The van der Waals surface area contributed by atoms with E-state index in [1.807, 2.05) is 37.4 Å². The molecule has 7 nitrogen and oxygen atoms in total. The highest BCUT2D eigenvalue weighted by Crippen LogP contribution is 2.26. The molecule has 0 radical (unpaired) electrons. The number of carbonyl (C=O) groups excluding carboxylic acids is 1. The molecule has 0 aliphatic heterocycles. The topological polar surface area (TPSA) is 83.0 Å². The molecular weight excluding hydrogens is 376 g/mol. The molecule has 0 N–H and O–H groups in total. The SMILES string of the molecule is Cc1cc(C)n(-c2ccc(C(=O)OCc3nc(-c4cccs4)oc3C)cn2)n1. The molecule has 0 aliphatic carbocycles. The molecule has 0 fully saturated rings. The molecule has 4 heterocycles. The average Bonchev–Trinajstić information content (AvgIpc) is 3.40. The zero-order chi connectivity index (χ0) is 19.7. The van der Waals surface area contributed by atoms with Crippen molar-refractivity contribution >= 4 is 17.3 Å². The van der Waals surface area contributed by atoms with Crippen molar-refractivity contribution in [3.8, 4) is 16.6 Å². The molecule has 0 unspecified atom stereocenters. The Morgan fingerprint density at radius 1 is 1.25 bits per heavy atom. The summed E-state index contributed by atoms with van der Waals surface area (Å²) in [5.74, 6) is 1.35. The van der Waals surface area contributed by atoms with Crippen molar-refractivity contribution in [1.82, 2.24) is 19.7 Å². The molecule has 0 amide bonds. The van der Waals surface area contributed by atoms with Crippen LogP contribution in [0.1, 0.15) is 33.2 Å². The minimum atomic E-state index is -0.465. The fourth-order valence-electron chi connectivity index (χ4n) is 2.78. The maximum Gasteiger partial charge on any atom is 0.340 e. The Kier molecular flexibility index (Phi) is 4.79. The van der Waals surface area contributed by atoms with Gasteiger partial charge in [-0.15, -0.1) is 11.3 Å². The number of thiophene rings is 1. The van der Waals surface area contributed by atoms with E-state index in [-0.39, 0.29) is 6.61 Å². The number of rotatable bonds is 5. The Morgan fingerprint density at radius 2 is 2.11 bits per heavy atom. The normalized spacial score (nSPS) is 11.0. The molecule has 0 spiro atoms. The zero-order valence-corrected chi connectivity index (χ0v) is 16.5. The Morgan fingerprint density at radius 3 is 2.75 bits per heavy atom. The number of hydrogen-bond donors (Lipinski definition) is 0. The maximum absolute atomic E-state index is 12.3. The number of oxazole rings is 1. The van der Waals surface area contributed by atoms with Gasteiger partial charge in [-0.25, -0.2) is 19.4 Å². The van der Waals surface area contributed by atoms with Gasteiger partial charge in [-0.05, 0) is 50.4 Å². The summed E-state index contributed by atoms with van der Waals surface area (Å²) in [4.78, 5) is 22.0. The molecule has 8 heteroatoms. The second kappa shape index (κ2) is 7.40. The first-order valence-corrected chi connectivity index (χ1v) is 9.56. The van der Waals surface area contributed by atoms with Gasteiger partial charge in [-0.3, -0.25) is 0 Å². The molecule has 142 valence electrons. The number of hydrogen-bond acceptors (Lipinski definition) is 7. The second-order valence-corrected chi connectivity index (χ2v) is 7.27. The summed E-state index contributed by atoms with van der Waals surface area (Å²) in [6.45, 7) is 5.72. The van der Waals surface area contributed by atoms with Crippen LogP contribution in [0.5, 0.6) is 0 Å². The van der Waals surface area contributed by atoms with Gasteiger partial charge in [0.2, 0.25) is 5.89 Å².